The summed E-state index contributed by atoms with van der Waals surface area (Å²) >= 11 is 0. The van der Waals surface area contributed by atoms with Crippen molar-refractivity contribution >= 4 is 15.6 Å². The Hall–Kier alpha value is -1.38. The summed E-state index contributed by atoms with van der Waals surface area (Å²) in [6.07, 6.45) is -12.9. The first kappa shape index (κ1) is 29.2. The molecule has 3 heterocycles. The molecule has 0 aromatic carbocycles. The minimum Gasteiger partial charge on any atom is -0.394 e. The number of H-pyrrole nitrogens is 1. The molecule has 10 N–H and O–H groups in total. The number of hydrogen-bond donors (Lipinski definition) is 9. The SMILES string of the molecule is N[C@H]1[C@H](O)[C@@H](O)[C@@H](OP(=O)(O)OP(=O)(O)OC[C@H]2O[C@@H](n3ccc(=O)[nH]c3=O)[C@H](O)[C@@H]2O)O[C@@H]1CO. The minimum atomic E-state index is -5.55. The van der Waals surface area contributed by atoms with Crippen LogP contribution in [0.15, 0.2) is 21.9 Å². The van der Waals surface area contributed by atoms with Gasteiger partial charge in [0.2, 0.25) is 0 Å². The van der Waals surface area contributed by atoms with Crippen molar-refractivity contribution in [2.45, 2.75) is 55.2 Å². The van der Waals surface area contributed by atoms with Crippen molar-refractivity contribution in [1.82, 2.24) is 9.55 Å². The van der Waals surface area contributed by atoms with Crippen LogP contribution in [0.3, 0.4) is 0 Å². The van der Waals surface area contributed by atoms with E-state index in [9.17, 15) is 54.0 Å². The zero-order chi connectivity index (χ0) is 27.0. The van der Waals surface area contributed by atoms with Gasteiger partial charge in [-0.2, -0.15) is 4.31 Å². The Bertz CT molecular complexity index is 1130. The van der Waals surface area contributed by atoms with Gasteiger partial charge in [0.25, 0.3) is 5.56 Å². The molecule has 0 amide bonds. The lowest BCUT2D eigenvalue weighted by atomic mass is 9.97. The minimum absolute atomic E-state index is 0.732. The summed E-state index contributed by atoms with van der Waals surface area (Å²) in [6, 6.07) is -0.356. The van der Waals surface area contributed by atoms with Gasteiger partial charge in [-0.15, -0.1) is 0 Å². The number of aliphatic hydroxyl groups excluding tert-OH is 5. The van der Waals surface area contributed by atoms with E-state index in [0.29, 0.717) is 0 Å². The Balaban J connectivity index is 1.61. The van der Waals surface area contributed by atoms with Crippen LogP contribution in [0.4, 0.5) is 0 Å². The molecule has 11 atom stereocenters. The summed E-state index contributed by atoms with van der Waals surface area (Å²) in [6.45, 7) is -1.78. The fourth-order valence-corrected chi connectivity index (χ4v) is 5.56. The molecule has 0 spiro atoms. The van der Waals surface area contributed by atoms with Crippen LogP contribution < -0.4 is 17.0 Å². The Morgan fingerprint density at radius 1 is 1.00 bits per heavy atom. The zero-order valence-electron chi connectivity index (χ0n) is 18.0. The molecule has 0 aliphatic carbocycles. The fourth-order valence-electron chi connectivity index (χ4n) is 3.40. The number of phosphoric acid groups is 2. The van der Waals surface area contributed by atoms with Crippen LogP contribution >= 0.6 is 15.6 Å². The quantitative estimate of drug-likeness (QED) is 0.127. The second-order valence-corrected chi connectivity index (χ2v) is 10.8. The number of nitrogens with zero attached hydrogens (tertiary/aromatic N) is 1. The molecule has 1 aromatic rings. The third-order valence-corrected chi connectivity index (χ3v) is 7.85. The highest BCUT2D eigenvalue weighted by atomic mass is 31.3. The highest BCUT2D eigenvalue weighted by molar-refractivity contribution is 7.61. The second-order valence-electron chi connectivity index (χ2n) is 7.77. The maximum Gasteiger partial charge on any atom is 0.483 e. The van der Waals surface area contributed by atoms with Gasteiger partial charge in [0.1, 0.15) is 36.6 Å². The molecule has 36 heavy (non-hydrogen) atoms. The lowest BCUT2D eigenvalue weighted by molar-refractivity contribution is -0.251. The number of aromatic amines is 1. The van der Waals surface area contributed by atoms with Crippen LogP contribution in [0.2, 0.25) is 0 Å². The number of hydrogen-bond acceptors (Lipinski definition) is 15. The van der Waals surface area contributed by atoms with E-state index < -0.39 is 95.3 Å². The average Bonchev–Trinajstić information content (AvgIpc) is 3.06. The first-order valence-electron chi connectivity index (χ1n) is 10.1. The fraction of sp³-hybridized carbons (Fsp3) is 0.733. The van der Waals surface area contributed by atoms with Crippen LogP contribution in [-0.4, -0.2) is 107 Å². The van der Waals surface area contributed by atoms with E-state index in [-0.39, 0.29) is 0 Å². The van der Waals surface area contributed by atoms with Gasteiger partial charge in [-0.25, -0.2) is 13.9 Å². The van der Waals surface area contributed by atoms with Crippen molar-refractivity contribution in [3.8, 4) is 0 Å². The Labute approximate surface area is 200 Å². The van der Waals surface area contributed by atoms with E-state index in [1.165, 1.54) is 0 Å². The molecule has 0 saturated carbocycles. The monoisotopic (exact) mass is 565 g/mol. The van der Waals surface area contributed by atoms with Crippen LogP contribution in [0, 0.1) is 0 Å². The standard InChI is InChI=1S/C15H25N3O16P2/c16-8-5(3-19)32-14(12(24)10(8)22)33-36(28,29)34-35(26,27)30-4-6-9(21)11(23)13(31-6)18-2-1-7(20)17-15(18)25/h1-2,5-6,8-14,19,21-24H,3-4,16H2,(H,26,27)(H,28,29)(H,17,20,25)/t5-,6-,8-,9-,10+,11-,12-,13-,14-/m1/s1. The Morgan fingerprint density at radius 2 is 1.67 bits per heavy atom. The Morgan fingerprint density at radius 3 is 2.28 bits per heavy atom. The van der Waals surface area contributed by atoms with E-state index >= 15 is 0 Å². The van der Waals surface area contributed by atoms with E-state index in [2.05, 4.69) is 13.4 Å². The van der Waals surface area contributed by atoms with Gasteiger partial charge in [0, 0.05) is 12.3 Å². The van der Waals surface area contributed by atoms with E-state index in [1.807, 2.05) is 4.98 Å². The van der Waals surface area contributed by atoms with Crippen molar-refractivity contribution in [2.75, 3.05) is 13.2 Å². The first-order chi connectivity index (χ1) is 16.7. The highest BCUT2D eigenvalue weighted by Gasteiger charge is 2.49. The number of nitrogens with two attached hydrogens (primary N) is 1. The molecule has 1 aromatic heterocycles. The molecule has 3 rings (SSSR count). The van der Waals surface area contributed by atoms with Crippen LogP contribution in [0.1, 0.15) is 6.23 Å². The van der Waals surface area contributed by atoms with Crippen molar-refractivity contribution in [3.63, 3.8) is 0 Å². The molecule has 2 unspecified atom stereocenters. The molecule has 2 fully saturated rings. The lowest BCUT2D eigenvalue weighted by Gasteiger charge is -2.40. The van der Waals surface area contributed by atoms with Crippen molar-refractivity contribution < 1.29 is 67.3 Å². The molecular weight excluding hydrogens is 540 g/mol. The summed E-state index contributed by atoms with van der Waals surface area (Å²) < 4.78 is 48.4. The summed E-state index contributed by atoms with van der Waals surface area (Å²) in [5.74, 6) is 0. The molecular formula is C15H25N3O16P2. The highest BCUT2D eigenvalue weighted by Crippen LogP contribution is 2.61. The van der Waals surface area contributed by atoms with Gasteiger partial charge in [-0.1, -0.05) is 0 Å². The maximum absolute atomic E-state index is 12.2. The van der Waals surface area contributed by atoms with Gasteiger partial charge >= 0.3 is 21.3 Å². The van der Waals surface area contributed by atoms with E-state index in [4.69, 9.17) is 15.2 Å². The molecule has 2 aliphatic rings. The normalized spacial score (nSPS) is 38.4. The molecule has 19 nitrogen and oxygen atoms in total. The smallest absolute Gasteiger partial charge is 0.394 e. The number of ether oxygens (including phenoxy) is 2. The maximum atomic E-state index is 12.2. The van der Waals surface area contributed by atoms with Gasteiger partial charge < -0.3 is 50.5 Å². The van der Waals surface area contributed by atoms with Crippen molar-refractivity contribution in [1.29, 1.82) is 0 Å². The summed E-state index contributed by atoms with van der Waals surface area (Å²) in [4.78, 5) is 44.6. The third-order valence-electron chi connectivity index (χ3n) is 5.25. The Kier molecular flexibility index (Phi) is 9.05. The summed E-state index contributed by atoms with van der Waals surface area (Å²) in [5, 5.41) is 49.2. The predicted molar refractivity (Wildman–Crippen MR) is 111 cm³/mol. The van der Waals surface area contributed by atoms with Crippen molar-refractivity contribution in [2.24, 2.45) is 5.73 Å². The van der Waals surface area contributed by atoms with Gasteiger partial charge in [-0.3, -0.25) is 23.4 Å². The molecule has 2 aliphatic heterocycles. The van der Waals surface area contributed by atoms with Crippen LogP contribution in [0.5, 0.6) is 0 Å². The van der Waals surface area contributed by atoms with Crippen LogP contribution in [0.25, 0.3) is 0 Å². The first-order valence-corrected chi connectivity index (χ1v) is 13.1. The average molecular weight is 565 g/mol. The van der Waals surface area contributed by atoms with Gasteiger partial charge in [0.05, 0.1) is 19.3 Å². The molecule has 206 valence electrons. The molecule has 0 radical (unpaired) electrons. The lowest BCUT2D eigenvalue weighted by Crippen LogP contribution is -2.62. The third kappa shape index (κ3) is 6.54. The summed E-state index contributed by atoms with van der Waals surface area (Å²) in [7, 11) is -11.0. The van der Waals surface area contributed by atoms with E-state index in [1.54, 1.807) is 0 Å². The van der Waals surface area contributed by atoms with Crippen molar-refractivity contribution in [3.05, 3.63) is 33.1 Å². The predicted octanol–water partition coefficient (Wildman–Crippen LogP) is -4.83. The number of phosphoric ester groups is 2. The largest absolute Gasteiger partial charge is 0.483 e. The number of aliphatic hydroxyl groups is 5. The van der Waals surface area contributed by atoms with Gasteiger partial charge in [0.15, 0.2) is 12.5 Å². The molecule has 0 bridgehead atoms. The topological polar surface area (TPSA) is 303 Å². The number of nitrogens with one attached hydrogen (secondary N) is 1. The van der Waals surface area contributed by atoms with Gasteiger partial charge in [-0.05, 0) is 0 Å². The summed E-state index contributed by atoms with van der Waals surface area (Å²) in [5.41, 5.74) is 3.80. The molecule has 2 saturated heterocycles. The number of rotatable bonds is 9. The van der Waals surface area contributed by atoms with Crippen LogP contribution in [-0.2, 0) is 32.0 Å². The van der Waals surface area contributed by atoms with E-state index in [0.717, 1.165) is 16.8 Å². The molecule has 21 heteroatoms. The zero-order valence-corrected chi connectivity index (χ0v) is 19.8. The second kappa shape index (κ2) is 11.2. The number of aromatic nitrogens is 2.